The van der Waals surface area contributed by atoms with Crippen molar-refractivity contribution < 1.29 is 0 Å². The number of hydrogen-bond donors (Lipinski definition) is 1. The molecule has 1 aromatic carbocycles. The molecule has 5 heterocycles. The van der Waals surface area contributed by atoms with Crippen molar-refractivity contribution in [3.05, 3.63) is 71.5 Å². The highest BCUT2D eigenvalue weighted by Gasteiger charge is 2.25. The summed E-state index contributed by atoms with van der Waals surface area (Å²) in [6.07, 6.45) is 12.8. The van der Waals surface area contributed by atoms with E-state index in [-0.39, 0.29) is 0 Å². The van der Waals surface area contributed by atoms with Crippen LogP contribution in [0.1, 0.15) is 35.9 Å². The van der Waals surface area contributed by atoms with Gasteiger partial charge in [-0.1, -0.05) is 24.0 Å². The first kappa shape index (κ1) is 20.2. The predicted octanol–water partition coefficient (Wildman–Crippen LogP) is 4.96. The van der Waals surface area contributed by atoms with Gasteiger partial charge in [0.25, 0.3) is 0 Å². The maximum atomic E-state index is 5.17. The zero-order chi connectivity index (χ0) is 22.0. The Balaban J connectivity index is 1.19. The molecule has 0 aliphatic carbocycles. The van der Waals surface area contributed by atoms with Crippen molar-refractivity contribution in [3.8, 4) is 23.1 Å². The Bertz CT molecular complexity index is 1440. The second kappa shape index (κ2) is 8.81. The van der Waals surface area contributed by atoms with Crippen LogP contribution in [0.2, 0.25) is 0 Å². The fourth-order valence-corrected chi connectivity index (χ4v) is 5.20. The number of piperidine rings is 1. The summed E-state index contributed by atoms with van der Waals surface area (Å²) in [6, 6.07) is 8.59. The lowest BCUT2D eigenvalue weighted by molar-refractivity contribution is 0.213. The monoisotopic (exact) mass is 452 g/mol. The minimum absolute atomic E-state index is 0.447. The van der Waals surface area contributed by atoms with E-state index in [1.54, 1.807) is 11.3 Å². The van der Waals surface area contributed by atoms with E-state index >= 15 is 0 Å². The molecule has 0 spiro atoms. The van der Waals surface area contributed by atoms with Crippen molar-refractivity contribution in [2.75, 3.05) is 19.6 Å². The Labute approximate surface area is 196 Å². The van der Waals surface area contributed by atoms with E-state index in [9.17, 15) is 0 Å². The SMILES string of the molecule is C(#Cc1cncs1)CCN1CCC(c2nc(-c3ccc4cc[nH]c4c3)c3cnccn23)CC1. The lowest BCUT2D eigenvalue weighted by Crippen LogP contribution is -2.34. The van der Waals surface area contributed by atoms with E-state index < -0.39 is 0 Å². The van der Waals surface area contributed by atoms with E-state index in [2.05, 4.69) is 66.6 Å². The van der Waals surface area contributed by atoms with E-state index in [1.807, 2.05) is 30.3 Å². The molecule has 1 N–H and O–H groups in total. The number of imidazole rings is 1. The van der Waals surface area contributed by atoms with Crippen LogP contribution in [0.5, 0.6) is 0 Å². The lowest BCUT2D eigenvalue weighted by Gasteiger charge is -2.30. The molecule has 0 radical (unpaired) electrons. The van der Waals surface area contributed by atoms with Crippen molar-refractivity contribution in [1.82, 2.24) is 29.2 Å². The van der Waals surface area contributed by atoms with Crippen molar-refractivity contribution in [1.29, 1.82) is 0 Å². The van der Waals surface area contributed by atoms with Crippen LogP contribution in [0.4, 0.5) is 0 Å². The van der Waals surface area contributed by atoms with Gasteiger partial charge in [-0.05, 0) is 43.5 Å². The first-order valence-electron chi connectivity index (χ1n) is 11.3. The van der Waals surface area contributed by atoms with Gasteiger partial charge in [-0.3, -0.25) is 14.4 Å². The largest absolute Gasteiger partial charge is 0.361 e. The molecule has 164 valence electrons. The number of H-pyrrole nitrogens is 1. The van der Waals surface area contributed by atoms with Crippen LogP contribution in [0.25, 0.3) is 27.7 Å². The topological polar surface area (TPSA) is 62.1 Å². The van der Waals surface area contributed by atoms with Gasteiger partial charge in [-0.25, -0.2) is 4.98 Å². The van der Waals surface area contributed by atoms with Crippen molar-refractivity contribution in [3.63, 3.8) is 0 Å². The van der Waals surface area contributed by atoms with Gasteiger partial charge in [0, 0.05) is 48.6 Å². The van der Waals surface area contributed by atoms with Crippen LogP contribution < -0.4 is 0 Å². The molecular formula is C26H24N6S. The summed E-state index contributed by atoms with van der Waals surface area (Å²) >= 11 is 1.60. The highest BCUT2D eigenvalue weighted by molar-refractivity contribution is 7.10. The quantitative estimate of drug-likeness (QED) is 0.392. The smallest absolute Gasteiger partial charge is 0.117 e. The minimum Gasteiger partial charge on any atom is -0.361 e. The molecule has 0 bridgehead atoms. The summed E-state index contributed by atoms with van der Waals surface area (Å²) < 4.78 is 2.24. The summed E-state index contributed by atoms with van der Waals surface area (Å²) in [4.78, 5) is 20.5. The van der Waals surface area contributed by atoms with E-state index in [0.29, 0.717) is 5.92 Å². The third kappa shape index (κ3) is 4.04. The second-order valence-electron chi connectivity index (χ2n) is 8.46. The van der Waals surface area contributed by atoms with Crippen LogP contribution in [-0.4, -0.2) is 48.9 Å². The number of aromatic amines is 1. The summed E-state index contributed by atoms with van der Waals surface area (Å²) in [5.74, 6) is 8.09. The molecule has 1 aliphatic heterocycles. The lowest BCUT2D eigenvalue weighted by atomic mass is 9.96. The van der Waals surface area contributed by atoms with Gasteiger partial charge in [0.05, 0.1) is 34.0 Å². The molecule has 1 fully saturated rings. The first-order valence-corrected chi connectivity index (χ1v) is 12.2. The number of likely N-dealkylation sites (tertiary alicyclic amines) is 1. The molecule has 6 nitrogen and oxygen atoms in total. The average molecular weight is 453 g/mol. The van der Waals surface area contributed by atoms with Gasteiger partial charge in [0.1, 0.15) is 5.82 Å². The number of benzene rings is 1. The molecule has 5 aromatic rings. The van der Waals surface area contributed by atoms with Crippen LogP contribution in [0, 0.1) is 11.8 Å². The first-order chi connectivity index (χ1) is 16.3. The Morgan fingerprint density at radius 2 is 2.06 bits per heavy atom. The Hall–Kier alpha value is -3.47. The number of rotatable bonds is 4. The third-order valence-electron chi connectivity index (χ3n) is 6.45. The molecular weight excluding hydrogens is 428 g/mol. The van der Waals surface area contributed by atoms with Gasteiger partial charge >= 0.3 is 0 Å². The zero-order valence-corrected chi connectivity index (χ0v) is 19.1. The van der Waals surface area contributed by atoms with Crippen LogP contribution in [0.15, 0.2) is 60.8 Å². The average Bonchev–Trinajstić information content (AvgIpc) is 3.62. The molecule has 6 rings (SSSR count). The molecule has 4 aromatic heterocycles. The number of thiazole rings is 1. The molecule has 0 amide bonds. The predicted molar refractivity (Wildman–Crippen MR) is 132 cm³/mol. The number of aromatic nitrogens is 5. The number of nitrogens with zero attached hydrogens (tertiary/aromatic N) is 5. The summed E-state index contributed by atoms with van der Waals surface area (Å²) in [5.41, 5.74) is 6.16. The fraction of sp³-hybridized carbons (Fsp3) is 0.269. The Morgan fingerprint density at radius 3 is 2.94 bits per heavy atom. The van der Waals surface area contributed by atoms with Crippen molar-refractivity contribution in [2.24, 2.45) is 0 Å². The summed E-state index contributed by atoms with van der Waals surface area (Å²) in [6.45, 7) is 3.18. The van der Waals surface area contributed by atoms with Crippen LogP contribution >= 0.6 is 11.3 Å². The second-order valence-corrected chi connectivity index (χ2v) is 9.35. The Kier molecular flexibility index (Phi) is 5.38. The van der Waals surface area contributed by atoms with Gasteiger partial charge < -0.3 is 9.88 Å². The van der Waals surface area contributed by atoms with E-state index in [4.69, 9.17) is 4.98 Å². The van der Waals surface area contributed by atoms with Gasteiger partial charge in [0.15, 0.2) is 0 Å². The maximum Gasteiger partial charge on any atom is 0.117 e. The molecule has 7 heteroatoms. The minimum atomic E-state index is 0.447. The third-order valence-corrected chi connectivity index (χ3v) is 7.14. The van der Waals surface area contributed by atoms with Crippen molar-refractivity contribution in [2.45, 2.75) is 25.2 Å². The number of nitrogens with one attached hydrogen (secondary N) is 1. The van der Waals surface area contributed by atoms with Gasteiger partial charge in [-0.15, -0.1) is 11.3 Å². The maximum absolute atomic E-state index is 5.17. The van der Waals surface area contributed by atoms with Crippen molar-refractivity contribution >= 4 is 27.8 Å². The number of fused-ring (bicyclic) bond motifs is 2. The standard InChI is InChI=1S/C26H24N6S/c1(3-22-16-28-18-33-22)2-11-31-12-7-20(8-13-31)26-30-25(24-17-27-10-14-32(24)26)21-5-4-19-6-9-29-23(19)15-21/h4-6,9-10,14-18,20,29H,2,7-8,11-13H2. The zero-order valence-electron chi connectivity index (χ0n) is 18.2. The van der Waals surface area contributed by atoms with E-state index in [0.717, 1.165) is 71.9 Å². The highest BCUT2D eigenvalue weighted by Crippen LogP contribution is 2.33. The Morgan fingerprint density at radius 1 is 1.12 bits per heavy atom. The molecule has 0 saturated carbocycles. The normalized spacial score (nSPS) is 15.2. The van der Waals surface area contributed by atoms with Gasteiger partial charge in [-0.2, -0.15) is 0 Å². The van der Waals surface area contributed by atoms with Crippen LogP contribution in [-0.2, 0) is 0 Å². The molecule has 0 unspecified atom stereocenters. The van der Waals surface area contributed by atoms with E-state index in [1.165, 1.54) is 5.39 Å². The molecule has 1 aliphatic rings. The summed E-state index contributed by atoms with van der Waals surface area (Å²) in [7, 11) is 0. The van der Waals surface area contributed by atoms with Crippen LogP contribution in [0.3, 0.4) is 0 Å². The highest BCUT2D eigenvalue weighted by atomic mass is 32.1. The fourth-order valence-electron chi connectivity index (χ4n) is 4.71. The molecule has 33 heavy (non-hydrogen) atoms. The molecule has 0 atom stereocenters. The summed E-state index contributed by atoms with van der Waals surface area (Å²) in [5, 5.41) is 1.21. The molecule has 1 saturated heterocycles. The van der Waals surface area contributed by atoms with Gasteiger partial charge in [0.2, 0.25) is 0 Å². The number of hydrogen-bond acceptors (Lipinski definition) is 5.